The van der Waals surface area contributed by atoms with E-state index in [1.165, 1.54) is 12.1 Å². The van der Waals surface area contributed by atoms with Gasteiger partial charge in [0.25, 0.3) is 0 Å². The third-order valence-electron chi connectivity index (χ3n) is 3.94. The highest BCUT2D eigenvalue weighted by molar-refractivity contribution is 14.0. The maximum Gasteiger partial charge on any atom is 0.194 e. The first-order chi connectivity index (χ1) is 12.5. The molecule has 0 amide bonds. The molecule has 0 saturated heterocycles. The van der Waals surface area contributed by atoms with E-state index >= 15 is 0 Å². The van der Waals surface area contributed by atoms with E-state index < -0.39 is 6.10 Å². The molecule has 1 unspecified atom stereocenters. The number of hydrogen-bond donors (Lipinski definition) is 2. The average Bonchev–Trinajstić information content (AvgIpc) is 2.66. The third-order valence-corrected chi connectivity index (χ3v) is 3.94. The van der Waals surface area contributed by atoms with Crippen LogP contribution < -0.4 is 10.1 Å². The van der Waals surface area contributed by atoms with E-state index in [1.807, 2.05) is 43.1 Å². The quantitative estimate of drug-likeness (QED) is 0.356. The maximum absolute atomic E-state index is 13.0. The van der Waals surface area contributed by atoms with Gasteiger partial charge in [-0.05, 0) is 42.3 Å². The van der Waals surface area contributed by atoms with Crippen LogP contribution in [0, 0.1) is 5.82 Å². The summed E-state index contributed by atoms with van der Waals surface area (Å²) < 4.78 is 18.2. The van der Waals surface area contributed by atoms with Gasteiger partial charge in [-0.25, -0.2) is 4.39 Å². The predicted octanol–water partition coefficient (Wildman–Crippen LogP) is 3.58. The molecular weight excluding hydrogens is 460 g/mol. The van der Waals surface area contributed by atoms with Gasteiger partial charge in [0.1, 0.15) is 11.6 Å². The predicted molar refractivity (Wildman–Crippen MR) is 117 cm³/mol. The fraction of sp³-hybridized carbons (Fsp3) is 0.350. The minimum absolute atomic E-state index is 0. The summed E-state index contributed by atoms with van der Waals surface area (Å²) in [5.74, 6) is 1.20. The molecule has 0 bridgehead atoms. The molecule has 0 spiro atoms. The van der Waals surface area contributed by atoms with Crippen LogP contribution in [0.5, 0.6) is 5.75 Å². The summed E-state index contributed by atoms with van der Waals surface area (Å²) in [6.45, 7) is 3.58. The first-order valence-electron chi connectivity index (χ1n) is 8.59. The van der Waals surface area contributed by atoms with E-state index in [4.69, 9.17) is 4.74 Å². The first-order valence-corrected chi connectivity index (χ1v) is 8.59. The Kier molecular flexibility index (Phi) is 10.1. The maximum atomic E-state index is 13.0. The molecule has 2 rings (SSSR count). The number of hydrogen-bond acceptors (Lipinski definition) is 3. The summed E-state index contributed by atoms with van der Waals surface area (Å²) in [5.41, 5.74) is 1.77. The van der Waals surface area contributed by atoms with Crippen molar-refractivity contribution in [3.63, 3.8) is 0 Å². The van der Waals surface area contributed by atoms with Crippen LogP contribution in [0.2, 0.25) is 0 Å². The van der Waals surface area contributed by atoms with Gasteiger partial charge in [-0.15, -0.1) is 24.0 Å². The van der Waals surface area contributed by atoms with E-state index in [0.29, 0.717) is 18.1 Å². The van der Waals surface area contributed by atoms with Crippen LogP contribution in [0.1, 0.15) is 24.2 Å². The molecule has 1 atom stereocenters. The molecule has 2 aromatic rings. The van der Waals surface area contributed by atoms with Crippen molar-refractivity contribution in [3.8, 4) is 5.75 Å². The number of nitrogens with one attached hydrogen (secondary N) is 1. The molecule has 0 aliphatic rings. The normalized spacial score (nSPS) is 12.1. The third kappa shape index (κ3) is 7.34. The van der Waals surface area contributed by atoms with Gasteiger partial charge in [0.05, 0.1) is 19.8 Å². The lowest BCUT2D eigenvalue weighted by Crippen LogP contribution is -2.38. The fourth-order valence-corrected chi connectivity index (χ4v) is 2.51. The van der Waals surface area contributed by atoms with Crippen LogP contribution >= 0.6 is 24.0 Å². The van der Waals surface area contributed by atoms with Crippen molar-refractivity contribution in [2.75, 3.05) is 27.2 Å². The average molecular weight is 487 g/mol. The zero-order valence-corrected chi connectivity index (χ0v) is 18.2. The Balaban J connectivity index is 0.00000364. The number of aliphatic hydroxyl groups excluding tert-OH is 1. The lowest BCUT2D eigenvalue weighted by molar-refractivity contribution is 0.186. The lowest BCUT2D eigenvalue weighted by atomic mass is 10.1. The zero-order valence-electron chi connectivity index (χ0n) is 15.9. The van der Waals surface area contributed by atoms with Crippen LogP contribution in [0.4, 0.5) is 4.39 Å². The van der Waals surface area contributed by atoms with Gasteiger partial charge in [0, 0.05) is 20.1 Å². The van der Waals surface area contributed by atoms with Crippen LogP contribution in [-0.2, 0) is 6.54 Å². The summed E-state index contributed by atoms with van der Waals surface area (Å²) in [6, 6.07) is 13.7. The van der Waals surface area contributed by atoms with Gasteiger partial charge in [0.15, 0.2) is 5.96 Å². The molecular formula is C20H27FIN3O2. The molecule has 148 valence electrons. The molecule has 7 heteroatoms. The molecule has 27 heavy (non-hydrogen) atoms. The second kappa shape index (κ2) is 11.8. The van der Waals surface area contributed by atoms with Crippen molar-refractivity contribution >= 4 is 29.9 Å². The molecule has 0 aromatic heterocycles. The minimum Gasteiger partial charge on any atom is -0.497 e. The number of aliphatic imine (C=N–C) groups is 1. The van der Waals surface area contributed by atoms with E-state index in [2.05, 4.69) is 10.3 Å². The number of ether oxygens (including phenoxy) is 1. The Bertz CT molecular complexity index is 708. The molecule has 0 heterocycles. The Labute approximate surface area is 177 Å². The Hall–Kier alpha value is -1.87. The number of rotatable bonds is 7. The van der Waals surface area contributed by atoms with Gasteiger partial charge < -0.3 is 20.1 Å². The number of aliphatic hydroxyl groups is 1. The number of guanidine groups is 1. The smallest absolute Gasteiger partial charge is 0.194 e. The van der Waals surface area contributed by atoms with Gasteiger partial charge in [0.2, 0.25) is 0 Å². The first kappa shape index (κ1) is 23.2. The summed E-state index contributed by atoms with van der Waals surface area (Å²) in [6.07, 6.45) is -0.779. The van der Waals surface area contributed by atoms with E-state index in [-0.39, 0.29) is 36.3 Å². The summed E-state index contributed by atoms with van der Waals surface area (Å²) >= 11 is 0. The van der Waals surface area contributed by atoms with Crippen LogP contribution in [0.3, 0.4) is 0 Å². The Morgan fingerprint density at radius 3 is 2.37 bits per heavy atom. The Morgan fingerprint density at radius 2 is 1.81 bits per heavy atom. The summed E-state index contributed by atoms with van der Waals surface area (Å²) in [5, 5.41) is 13.5. The van der Waals surface area contributed by atoms with E-state index in [1.54, 1.807) is 19.2 Å². The monoisotopic (exact) mass is 487 g/mol. The van der Waals surface area contributed by atoms with Crippen molar-refractivity contribution in [1.82, 2.24) is 10.2 Å². The van der Waals surface area contributed by atoms with Crippen molar-refractivity contribution in [3.05, 3.63) is 65.5 Å². The van der Waals surface area contributed by atoms with Crippen molar-refractivity contribution < 1.29 is 14.2 Å². The van der Waals surface area contributed by atoms with Crippen molar-refractivity contribution in [2.45, 2.75) is 19.6 Å². The van der Waals surface area contributed by atoms with Crippen LogP contribution in [-0.4, -0.2) is 43.2 Å². The SMILES string of the molecule is CCNC(=NCC(O)c1ccc(F)cc1)N(C)Cc1ccc(OC)cc1.I. The second-order valence-electron chi connectivity index (χ2n) is 5.97. The second-order valence-corrected chi connectivity index (χ2v) is 5.97. The molecule has 0 radical (unpaired) electrons. The summed E-state index contributed by atoms with van der Waals surface area (Å²) in [7, 11) is 3.58. The summed E-state index contributed by atoms with van der Waals surface area (Å²) in [4.78, 5) is 6.49. The van der Waals surface area contributed by atoms with Crippen LogP contribution in [0.25, 0.3) is 0 Å². The number of methoxy groups -OCH3 is 1. The zero-order chi connectivity index (χ0) is 18.9. The largest absolute Gasteiger partial charge is 0.497 e. The fourth-order valence-electron chi connectivity index (χ4n) is 2.51. The lowest BCUT2D eigenvalue weighted by Gasteiger charge is -2.23. The molecule has 0 saturated carbocycles. The van der Waals surface area contributed by atoms with Crippen LogP contribution in [0.15, 0.2) is 53.5 Å². The highest BCUT2D eigenvalue weighted by Crippen LogP contribution is 2.15. The van der Waals surface area contributed by atoms with E-state index in [0.717, 1.165) is 17.9 Å². The molecule has 2 N–H and O–H groups in total. The number of benzene rings is 2. The molecule has 2 aromatic carbocycles. The van der Waals surface area contributed by atoms with E-state index in [9.17, 15) is 9.50 Å². The standard InChI is InChI=1S/C20H26FN3O2.HI/c1-4-22-20(23-13-19(25)16-7-9-17(21)10-8-16)24(2)14-15-5-11-18(26-3)12-6-15;/h5-12,19,25H,4,13-14H2,1-3H3,(H,22,23);1H. The van der Waals surface area contributed by atoms with Gasteiger partial charge in [-0.3, -0.25) is 4.99 Å². The number of nitrogens with zero attached hydrogens (tertiary/aromatic N) is 2. The topological polar surface area (TPSA) is 57.1 Å². The molecule has 0 aliphatic carbocycles. The molecule has 0 aliphatic heterocycles. The van der Waals surface area contributed by atoms with Gasteiger partial charge in [-0.1, -0.05) is 24.3 Å². The Morgan fingerprint density at radius 1 is 1.19 bits per heavy atom. The highest BCUT2D eigenvalue weighted by atomic mass is 127. The van der Waals surface area contributed by atoms with Gasteiger partial charge in [-0.2, -0.15) is 0 Å². The molecule has 0 fully saturated rings. The highest BCUT2D eigenvalue weighted by Gasteiger charge is 2.10. The molecule has 5 nitrogen and oxygen atoms in total. The minimum atomic E-state index is -0.779. The number of halogens is 2. The van der Waals surface area contributed by atoms with Crippen molar-refractivity contribution in [2.24, 2.45) is 4.99 Å². The van der Waals surface area contributed by atoms with Crippen molar-refractivity contribution in [1.29, 1.82) is 0 Å². The van der Waals surface area contributed by atoms with Gasteiger partial charge >= 0.3 is 0 Å².